The van der Waals surface area contributed by atoms with Crippen LogP contribution in [0.2, 0.25) is 0 Å². The maximum Gasteiger partial charge on any atom is 0.202 e. The predicted octanol–water partition coefficient (Wildman–Crippen LogP) is 1.15. The number of thiol groups is 1. The van der Waals surface area contributed by atoms with Gasteiger partial charge in [0.1, 0.15) is 5.82 Å². The maximum atomic E-state index is 13.4. The normalized spacial score (nSPS) is 25.3. The van der Waals surface area contributed by atoms with E-state index >= 15 is 0 Å². The summed E-state index contributed by atoms with van der Waals surface area (Å²) in [7, 11) is -2.52. The smallest absolute Gasteiger partial charge is 0.202 e. The Hall–Kier alpha value is -2.53. The molecular formula is C14H17FN6O3S. The van der Waals surface area contributed by atoms with Crippen molar-refractivity contribution in [1.29, 1.82) is 4.78 Å². The molecule has 0 bridgehead atoms. The number of nitrogens with zero attached hydrogens (tertiary/aromatic N) is 3. The Kier molecular flexibility index (Phi) is 3.69. The summed E-state index contributed by atoms with van der Waals surface area (Å²) in [5.74, 6) is 0.707. The molecule has 11 heteroatoms. The molecular weight excluding hydrogens is 351 g/mol. The van der Waals surface area contributed by atoms with Gasteiger partial charge in [-0.3, -0.25) is 4.78 Å². The van der Waals surface area contributed by atoms with E-state index in [0.29, 0.717) is 17.9 Å². The highest BCUT2D eigenvalue weighted by molar-refractivity contribution is 8.00. The molecule has 25 heavy (non-hydrogen) atoms. The summed E-state index contributed by atoms with van der Waals surface area (Å²) in [5.41, 5.74) is 2.02. The third-order valence-electron chi connectivity index (χ3n) is 4.42. The van der Waals surface area contributed by atoms with E-state index in [2.05, 4.69) is 26.1 Å². The maximum absolute atomic E-state index is 13.4. The molecule has 1 fully saturated rings. The number of oxime groups is 1. The number of hydrogen-bond acceptors (Lipinski definition) is 7. The number of halogens is 1. The van der Waals surface area contributed by atoms with Crippen LogP contribution in [-0.4, -0.2) is 43.5 Å². The molecule has 1 aliphatic carbocycles. The van der Waals surface area contributed by atoms with Gasteiger partial charge in [0, 0.05) is 17.5 Å². The van der Waals surface area contributed by atoms with Crippen LogP contribution in [0.25, 0.3) is 0 Å². The third kappa shape index (κ3) is 2.96. The van der Waals surface area contributed by atoms with E-state index in [1.54, 1.807) is 6.07 Å². The number of benzene rings is 1. The lowest BCUT2D eigenvalue weighted by atomic mass is 9.83. The summed E-state index contributed by atoms with van der Waals surface area (Å²) < 4.78 is 35.2. The minimum Gasteiger partial charge on any atom is -0.409 e. The zero-order chi connectivity index (χ0) is 17.6. The second-order valence-corrected chi connectivity index (χ2v) is 8.86. The summed E-state index contributed by atoms with van der Waals surface area (Å²) in [5, 5.41) is 26.1. The summed E-state index contributed by atoms with van der Waals surface area (Å²) in [6.45, 7) is 0. The molecule has 1 aliphatic heterocycles. The SMILES string of the molecule is N=[SH]1(O)CC(Nc2nonc2/C(=N\O)N[C@H]2Cc3ccc(F)cc32)C1. The molecule has 1 aromatic heterocycles. The molecule has 2 aromatic rings. The first-order valence-electron chi connectivity index (χ1n) is 7.66. The summed E-state index contributed by atoms with van der Waals surface area (Å²) >= 11 is 0. The van der Waals surface area contributed by atoms with Crippen LogP contribution in [0, 0.1) is 10.6 Å². The topological polar surface area (TPSA) is 140 Å². The molecule has 0 unspecified atom stereocenters. The molecule has 2 aliphatic rings. The number of aromatic nitrogens is 2. The highest BCUT2D eigenvalue weighted by Gasteiger charge is 2.33. The Balaban J connectivity index is 1.48. The average Bonchev–Trinajstić information content (AvgIpc) is 2.97. The largest absolute Gasteiger partial charge is 0.409 e. The molecule has 1 saturated heterocycles. The van der Waals surface area contributed by atoms with E-state index in [4.69, 9.17) is 9.41 Å². The second kappa shape index (κ2) is 5.77. The van der Waals surface area contributed by atoms with Crippen LogP contribution in [0.15, 0.2) is 28.0 Å². The van der Waals surface area contributed by atoms with Gasteiger partial charge in [-0.1, -0.05) is 11.2 Å². The molecule has 0 spiro atoms. The standard InChI is InChI=1S/C14H17FN6O3S/c15-8-2-1-7-3-11(10(7)4-8)18-13(19-22)12-14(21-24-20-12)17-9-5-25(16,23)6-9/h1-2,4,9,11,22,25H,3,5-6H2,(H2,16,23)(H,17,21)(H,18,19)/t11-/m0/s1. The van der Waals surface area contributed by atoms with Crippen LogP contribution in [0.1, 0.15) is 22.9 Å². The first-order valence-corrected chi connectivity index (χ1v) is 9.78. The van der Waals surface area contributed by atoms with Crippen LogP contribution in [0.4, 0.5) is 10.2 Å². The van der Waals surface area contributed by atoms with Gasteiger partial charge in [0.05, 0.1) is 6.04 Å². The Morgan fingerprint density at radius 2 is 2.20 bits per heavy atom. The van der Waals surface area contributed by atoms with Gasteiger partial charge in [0.25, 0.3) is 0 Å². The van der Waals surface area contributed by atoms with E-state index in [1.807, 2.05) is 0 Å². The van der Waals surface area contributed by atoms with Crippen molar-refractivity contribution in [3.05, 3.63) is 40.8 Å². The zero-order valence-electron chi connectivity index (χ0n) is 13.0. The quantitative estimate of drug-likeness (QED) is 0.156. The Bertz CT molecular complexity index is 890. The minimum absolute atomic E-state index is 0.0546. The molecule has 134 valence electrons. The van der Waals surface area contributed by atoms with Crippen LogP contribution in [0.5, 0.6) is 0 Å². The summed E-state index contributed by atoms with van der Waals surface area (Å²) in [6, 6.07) is 4.28. The van der Waals surface area contributed by atoms with E-state index in [0.717, 1.165) is 11.1 Å². The molecule has 0 saturated carbocycles. The van der Waals surface area contributed by atoms with Gasteiger partial charge in [-0.2, -0.15) is 0 Å². The average molecular weight is 368 g/mol. The van der Waals surface area contributed by atoms with Gasteiger partial charge in [-0.15, -0.1) is 10.1 Å². The first-order chi connectivity index (χ1) is 11.9. The molecule has 0 radical (unpaired) electrons. The van der Waals surface area contributed by atoms with E-state index in [1.165, 1.54) is 12.1 Å². The minimum atomic E-state index is -2.52. The summed E-state index contributed by atoms with van der Waals surface area (Å²) in [4.78, 5) is 0. The molecule has 0 amide bonds. The molecule has 4 rings (SSSR count). The number of hydrogen-bond donors (Lipinski definition) is 6. The zero-order valence-corrected chi connectivity index (χ0v) is 13.9. The molecule has 1 atom stereocenters. The number of nitrogens with one attached hydrogen (secondary N) is 3. The van der Waals surface area contributed by atoms with Crippen molar-refractivity contribution >= 4 is 21.8 Å². The molecule has 5 N–H and O–H groups in total. The van der Waals surface area contributed by atoms with Crippen LogP contribution >= 0.6 is 0 Å². The van der Waals surface area contributed by atoms with Gasteiger partial charge in [-0.05, 0) is 40.0 Å². The van der Waals surface area contributed by atoms with E-state index < -0.39 is 10.1 Å². The van der Waals surface area contributed by atoms with E-state index in [-0.39, 0.29) is 35.2 Å². The highest BCUT2D eigenvalue weighted by Crippen LogP contribution is 2.34. The van der Waals surface area contributed by atoms with Gasteiger partial charge >= 0.3 is 0 Å². The van der Waals surface area contributed by atoms with Crippen molar-refractivity contribution in [2.45, 2.75) is 18.5 Å². The fourth-order valence-corrected chi connectivity index (χ4v) is 4.65. The molecule has 9 nitrogen and oxygen atoms in total. The van der Waals surface area contributed by atoms with Gasteiger partial charge in [0.2, 0.25) is 5.82 Å². The van der Waals surface area contributed by atoms with Crippen molar-refractivity contribution in [1.82, 2.24) is 15.6 Å². The van der Waals surface area contributed by atoms with Crippen LogP contribution < -0.4 is 10.6 Å². The van der Waals surface area contributed by atoms with Crippen molar-refractivity contribution in [2.24, 2.45) is 5.16 Å². The summed E-state index contributed by atoms with van der Waals surface area (Å²) in [6.07, 6.45) is 0.668. The predicted molar refractivity (Wildman–Crippen MR) is 89.9 cm³/mol. The van der Waals surface area contributed by atoms with Gasteiger partial charge in [0.15, 0.2) is 11.5 Å². The Morgan fingerprint density at radius 1 is 1.40 bits per heavy atom. The van der Waals surface area contributed by atoms with Crippen molar-refractivity contribution in [3.63, 3.8) is 0 Å². The number of amidine groups is 1. The Labute approximate surface area is 143 Å². The van der Waals surface area contributed by atoms with Crippen LogP contribution in [0.3, 0.4) is 0 Å². The van der Waals surface area contributed by atoms with Gasteiger partial charge < -0.3 is 20.4 Å². The van der Waals surface area contributed by atoms with Crippen molar-refractivity contribution in [3.8, 4) is 0 Å². The fourth-order valence-electron chi connectivity index (χ4n) is 3.11. The second-order valence-electron chi connectivity index (χ2n) is 6.28. The third-order valence-corrected chi connectivity index (χ3v) is 6.51. The van der Waals surface area contributed by atoms with Gasteiger partial charge in [-0.25, -0.2) is 9.02 Å². The van der Waals surface area contributed by atoms with Crippen molar-refractivity contribution < 1.29 is 18.8 Å². The monoisotopic (exact) mass is 368 g/mol. The lowest BCUT2D eigenvalue weighted by Gasteiger charge is -2.39. The van der Waals surface area contributed by atoms with E-state index in [9.17, 15) is 14.2 Å². The van der Waals surface area contributed by atoms with Crippen molar-refractivity contribution in [2.75, 3.05) is 16.8 Å². The lowest BCUT2D eigenvalue weighted by molar-refractivity contribution is 0.303. The highest BCUT2D eigenvalue weighted by atomic mass is 32.3. The number of fused-ring (bicyclic) bond motifs is 1. The number of anilines is 1. The Morgan fingerprint density at radius 3 is 2.92 bits per heavy atom. The first kappa shape index (κ1) is 16.0. The van der Waals surface area contributed by atoms with Crippen LogP contribution in [-0.2, 0) is 16.5 Å². The molecule has 2 heterocycles. The molecule has 1 aromatic carbocycles. The number of rotatable bonds is 4. The fraction of sp³-hybridized carbons (Fsp3) is 0.357. The lowest BCUT2D eigenvalue weighted by Crippen LogP contribution is -2.50.